The van der Waals surface area contributed by atoms with Gasteiger partial charge in [-0.15, -0.1) is 0 Å². The summed E-state index contributed by atoms with van der Waals surface area (Å²) in [5.41, 5.74) is 4.81. The molecule has 3 amide bonds. The quantitative estimate of drug-likeness (QED) is 0.307. The Kier molecular flexibility index (Phi) is 11.5. The van der Waals surface area contributed by atoms with Crippen molar-refractivity contribution in [2.24, 2.45) is 17.6 Å². The SMILES string of the molecule is COC(=O)NCCCC(O)(c1cccc(Cl)c1F)C1CCCN(C(=O)NC(CC2CCCCC2)C(C)N)C1. The predicted molar refractivity (Wildman–Crippen MR) is 146 cm³/mol. The van der Waals surface area contributed by atoms with Gasteiger partial charge in [-0.05, 0) is 51.0 Å². The summed E-state index contributed by atoms with van der Waals surface area (Å²) in [5, 5.41) is 17.7. The number of halogens is 2. The number of nitrogens with one attached hydrogen (secondary N) is 2. The molecular formula is C28H44ClFN4O4. The van der Waals surface area contributed by atoms with Crippen LogP contribution < -0.4 is 16.4 Å². The number of aliphatic hydroxyl groups is 1. The molecule has 4 unspecified atom stereocenters. The number of alkyl carbamates (subject to hydrolysis) is 1. The number of hydrogen-bond acceptors (Lipinski definition) is 5. The first-order valence-electron chi connectivity index (χ1n) is 14.0. The Bertz CT molecular complexity index is 930. The number of piperidine rings is 1. The minimum Gasteiger partial charge on any atom is -0.453 e. The summed E-state index contributed by atoms with van der Waals surface area (Å²) in [6.07, 6.45) is 8.23. The van der Waals surface area contributed by atoms with Crippen molar-refractivity contribution in [3.05, 3.63) is 34.6 Å². The van der Waals surface area contributed by atoms with Crippen LogP contribution in [0.5, 0.6) is 0 Å². The van der Waals surface area contributed by atoms with Gasteiger partial charge in [0.2, 0.25) is 0 Å². The highest BCUT2D eigenvalue weighted by Gasteiger charge is 2.43. The van der Waals surface area contributed by atoms with E-state index < -0.39 is 23.4 Å². The van der Waals surface area contributed by atoms with Gasteiger partial charge in [0, 0.05) is 43.2 Å². The summed E-state index contributed by atoms with van der Waals surface area (Å²) in [5.74, 6) is -0.507. The maximum absolute atomic E-state index is 15.2. The van der Waals surface area contributed by atoms with Crippen molar-refractivity contribution in [1.29, 1.82) is 0 Å². The summed E-state index contributed by atoms with van der Waals surface area (Å²) in [7, 11) is 1.28. The highest BCUT2D eigenvalue weighted by Crippen LogP contribution is 2.41. The fourth-order valence-electron chi connectivity index (χ4n) is 6.01. The molecule has 0 radical (unpaired) electrons. The van der Waals surface area contributed by atoms with Crippen LogP contribution in [0.1, 0.15) is 76.7 Å². The summed E-state index contributed by atoms with van der Waals surface area (Å²) >= 11 is 6.08. The van der Waals surface area contributed by atoms with Gasteiger partial charge in [0.1, 0.15) is 5.82 Å². The van der Waals surface area contributed by atoms with Gasteiger partial charge in [-0.1, -0.05) is 55.8 Å². The van der Waals surface area contributed by atoms with E-state index >= 15 is 4.39 Å². The molecule has 2 aliphatic rings. The first-order chi connectivity index (χ1) is 18.2. The van der Waals surface area contributed by atoms with Crippen molar-refractivity contribution >= 4 is 23.7 Å². The molecule has 1 aliphatic heterocycles. The molecule has 1 saturated heterocycles. The zero-order valence-corrected chi connectivity index (χ0v) is 23.4. The van der Waals surface area contributed by atoms with Crippen molar-refractivity contribution in [2.75, 3.05) is 26.7 Å². The normalized spacial score (nSPS) is 21.7. The molecule has 2 fully saturated rings. The highest BCUT2D eigenvalue weighted by molar-refractivity contribution is 6.30. The molecule has 4 atom stereocenters. The summed E-state index contributed by atoms with van der Waals surface area (Å²) in [6.45, 7) is 3.00. The van der Waals surface area contributed by atoms with E-state index in [0.717, 1.165) is 6.42 Å². The van der Waals surface area contributed by atoms with Crippen LogP contribution in [0.3, 0.4) is 0 Å². The second-order valence-electron chi connectivity index (χ2n) is 11.0. The lowest BCUT2D eigenvalue weighted by atomic mass is 9.74. The van der Waals surface area contributed by atoms with Gasteiger partial charge in [-0.3, -0.25) is 0 Å². The molecule has 1 aliphatic carbocycles. The number of nitrogens with two attached hydrogens (primary N) is 1. The van der Waals surface area contributed by atoms with Crippen LogP contribution in [0.2, 0.25) is 5.02 Å². The van der Waals surface area contributed by atoms with Gasteiger partial charge >= 0.3 is 12.1 Å². The molecule has 5 N–H and O–H groups in total. The van der Waals surface area contributed by atoms with Gasteiger partial charge in [-0.2, -0.15) is 0 Å². The number of ether oxygens (including phenoxy) is 1. The highest BCUT2D eigenvalue weighted by atomic mass is 35.5. The second kappa shape index (κ2) is 14.3. The molecule has 0 bridgehead atoms. The topological polar surface area (TPSA) is 117 Å². The predicted octanol–water partition coefficient (Wildman–Crippen LogP) is 4.91. The lowest BCUT2D eigenvalue weighted by Gasteiger charge is -2.43. The Balaban J connectivity index is 1.73. The Morgan fingerprint density at radius 3 is 2.68 bits per heavy atom. The van der Waals surface area contributed by atoms with E-state index in [-0.39, 0.29) is 48.2 Å². The summed E-state index contributed by atoms with van der Waals surface area (Å²) in [6, 6.07) is 4.10. The van der Waals surface area contributed by atoms with Gasteiger partial charge in [0.25, 0.3) is 0 Å². The number of rotatable bonds is 10. The maximum atomic E-state index is 15.2. The van der Waals surface area contributed by atoms with E-state index in [9.17, 15) is 14.7 Å². The molecule has 0 spiro atoms. The molecule has 1 saturated carbocycles. The molecule has 1 aromatic rings. The number of amides is 3. The molecule has 0 aromatic heterocycles. The third kappa shape index (κ3) is 7.96. The third-order valence-corrected chi connectivity index (χ3v) is 8.54. The van der Waals surface area contributed by atoms with Crippen LogP contribution in [0.25, 0.3) is 0 Å². The van der Waals surface area contributed by atoms with E-state index in [1.807, 2.05) is 6.92 Å². The molecule has 38 heavy (non-hydrogen) atoms. The van der Waals surface area contributed by atoms with Crippen molar-refractivity contribution < 1.29 is 23.8 Å². The summed E-state index contributed by atoms with van der Waals surface area (Å²) < 4.78 is 19.8. The van der Waals surface area contributed by atoms with Crippen molar-refractivity contribution in [3.63, 3.8) is 0 Å². The first-order valence-corrected chi connectivity index (χ1v) is 14.3. The third-order valence-electron chi connectivity index (χ3n) is 8.25. The number of likely N-dealkylation sites (tertiary alicyclic amines) is 1. The number of carbonyl (C=O) groups excluding carboxylic acids is 2. The van der Waals surface area contributed by atoms with Crippen molar-refractivity contribution in [2.45, 2.75) is 88.8 Å². The van der Waals surface area contributed by atoms with Gasteiger partial charge < -0.3 is 31.1 Å². The number of nitrogens with zero attached hydrogens (tertiary/aromatic N) is 1. The van der Waals surface area contributed by atoms with Crippen molar-refractivity contribution in [1.82, 2.24) is 15.5 Å². The smallest absolute Gasteiger partial charge is 0.406 e. The Morgan fingerprint density at radius 2 is 2.00 bits per heavy atom. The molecule has 3 rings (SSSR count). The van der Waals surface area contributed by atoms with Crippen LogP contribution in [0, 0.1) is 17.7 Å². The Labute approximate surface area is 230 Å². The lowest BCUT2D eigenvalue weighted by Crippen LogP contribution is -2.55. The fraction of sp³-hybridized carbons (Fsp3) is 0.714. The zero-order valence-electron chi connectivity index (χ0n) is 22.7. The largest absolute Gasteiger partial charge is 0.453 e. The van der Waals surface area contributed by atoms with Gasteiger partial charge in [0.15, 0.2) is 0 Å². The average molecular weight is 555 g/mol. The number of methoxy groups -OCH3 is 1. The van der Waals surface area contributed by atoms with Crippen molar-refractivity contribution in [3.8, 4) is 0 Å². The van der Waals surface area contributed by atoms with Gasteiger partial charge in [0.05, 0.1) is 17.7 Å². The molecular weight excluding hydrogens is 511 g/mol. The first kappa shape index (κ1) is 30.4. The van der Waals surface area contributed by atoms with Crippen LogP contribution in [0.15, 0.2) is 18.2 Å². The maximum Gasteiger partial charge on any atom is 0.406 e. The zero-order chi connectivity index (χ0) is 27.7. The summed E-state index contributed by atoms with van der Waals surface area (Å²) in [4.78, 5) is 26.5. The molecule has 214 valence electrons. The standard InChI is InChI=1S/C28H44ClFN4O4/c1-19(31)24(17-20-9-4-3-5-10-20)33-26(35)34-16-7-11-21(18-34)28(37,14-8-15-32-27(36)38-2)22-12-6-13-23(29)25(22)30/h6,12-13,19-21,24,37H,3-5,7-11,14-18,31H2,1-2H3,(H,32,36)(H,33,35). The number of benzene rings is 1. The van der Waals surface area contributed by atoms with Crippen LogP contribution >= 0.6 is 11.6 Å². The van der Waals surface area contributed by atoms with E-state index in [0.29, 0.717) is 31.7 Å². The molecule has 1 aromatic carbocycles. The van der Waals surface area contributed by atoms with Crippen LogP contribution in [0.4, 0.5) is 14.0 Å². The minimum absolute atomic E-state index is 0.0680. The minimum atomic E-state index is -1.58. The molecule has 1 heterocycles. The van der Waals surface area contributed by atoms with E-state index in [2.05, 4.69) is 15.4 Å². The van der Waals surface area contributed by atoms with E-state index in [4.69, 9.17) is 17.3 Å². The lowest BCUT2D eigenvalue weighted by molar-refractivity contribution is -0.0576. The van der Waals surface area contributed by atoms with E-state index in [1.54, 1.807) is 17.0 Å². The number of carbonyl (C=O) groups is 2. The Hall–Kier alpha value is -2.10. The van der Waals surface area contributed by atoms with Gasteiger partial charge in [-0.25, -0.2) is 14.0 Å². The second-order valence-corrected chi connectivity index (χ2v) is 11.4. The number of hydrogen-bond donors (Lipinski definition) is 4. The van der Waals surface area contributed by atoms with Crippen LogP contribution in [-0.4, -0.2) is 61.0 Å². The van der Waals surface area contributed by atoms with Crippen LogP contribution in [-0.2, 0) is 10.3 Å². The van der Waals surface area contributed by atoms with E-state index in [1.165, 1.54) is 45.3 Å². The average Bonchev–Trinajstić information content (AvgIpc) is 2.92. The Morgan fingerprint density at radius 1 is 1.26 bits per heavy atom. The fourth-order valence-corrected chi connectivity index (χ4v) is 6.18. The monoisotopic (exact) mass is 554 g/mol. The molecule has 8 nitrogen and oxygen atoms in total. The molecule has 10 heteroatoms. The number of urea groups is 1.